The predicted molar refractivity (Wildman–Crippen MR) is 56.5 cm³/mol. The number of fused-ring (bicyclic) bond motifs is 1. The van der Waals surface area contributed by atoms with E-state index in [1.54, 1.807) is 0 Å². The van der Waals surface area contributed by atoms with Crippen molar-refractivity contribution in [1.82, 2.24) is 10.6 Å². The molecule has 2 atom stereocenters. The molecule has 3 aliphatic carbocycles. The van der Waals surface area contributed by atoms with Gasteiger partial charge in [0.1, 0.15) is 0 Å². The molecule has 2 aliphatic heterocycles. The van der Waals surface area contributed by atoms with Crippen LogP contribution in [0.3, 0.4) is 0 Å². The summed E-state index contributed by atoms with van der Waals surface area (Å²) in [6.07, 6.45) is 4.93. The first-order valence-electron chi connectivity index (χ1n) is 5.96. The van der Waals surface area contributed by atoms with Crippen molar-refractivity contribution in [2.75, 3.05) is 0 Å². The predicted octanol–water partition coefficient (Wildman–Crippen LogP) is -1.13. The normalized spacial score (nSPS) is 48.0. The molecule has 0 aromatic rings. The average molecular weight is 246 g/mol. The second kappa shape index (κ2) is 2.55. The topological polar surface area (TPSA) is 92.3 Å². The second-order valence-corrected chi connectivity index (χ2v) is 5.36. The minimum atomic E-state index is -1.53. The third kappa shape index (κ3) is 0.638. The Labute approximate surface area is 102 Å². The molecule has 5 aliphatic rings. The first-order valence-corrected chi connectivity index (χ1v) is 5.96. The summed E-state index contributed by atoms with van der Waals surface area (Å²) >= 11 is 0. The monoisotopic (exact) mass is 246 g/mol. The van der Waals surface area contributed by atoms with E-state index in [4.69, 9.17) is 0 Å². The molecule has 2 saturated heterocycles. The zero-order chi connectivity index (χ0) is 12.7. The van der Waals surface area contributed by atoms with Crippen LogP contribution < -0.4 is 10.6 Å². The van der Waals surface area contributed by atoms with Crippen molar-refractivity contribution >= 4 is 23.6 Å². The van der Waals surface area contributed by atoms with Crippen LogP contribution in [0.15, 0.2) is 12.2 Å². The van der Waals surface area contributed by atoms with Gasteiger partial charge in [-0.1, -0.05) is 12.2 Å². The molecule has 2 heterocycles. The summed E-state index contributed by atoms with van der Waals surface area (Å²) in [7, 11) is 0. The molecule has 0 aromatic carbocycles. The molecule has 0 radical (unpaired) electrons. The highest BCUT2D eigenvalue weighted by atomic mass is 16.2. The summed E-state index contributed by atoms with van der Waals surface area (Å²) in [6, 6.07) is 0. The van der Waals surface area contributed by atoms with Gasteiger partial charge in [0, 0.05) is 11.8 Å². The second-order valence-electron chi connectivity index (χ2n) is 5.36. The van der Waals surface area contributed by atoms with Crippen LogP contribution in [-0.2, 0) is 19.2 Å². The first-order chi connectivity index (χ1) is 8.56. The molecule has 6 nitrogen and oxygen atoms in total. The minimum Gasteiger partial charge on any atom is -0.294 e. The zero-order valence-electron chi connectivity index (χ0n) is 9.36. The molecule has 5 rings (SSSR count). The maximum Gasteiger partial charge on any atom is 0.244 e. The lowest BCUT2D eigenvalue weighted by atomic mass is 9.47. The lowest BCUT2D eigenvalue weighted by molar-refractivity contribution is -0.159. The molecule has 2 bridgehead atoms. The molecular weight excluding hydrogens is 236 g/mol. The Hall–Kier alpha value is -1.98. The van der Waals surface area contributed by atoms with Gasteiger partial charge in [0.25, 0.3) is 0 Å². The van der Waals surface area contributed by atoms with E-state index in [-0.39, 0.29) is 11.8 Å². The molecular formula is C12H10N2O4. The van der Waals surface area contributed by atoms with Crippen molar-refractivity contribution in [2.45, 2.75) is 12.8 Å². The maximum atomic E-state index is 12.2. The van der Waals surface area contributed by atoms with E-state index >= 15 is 0 Å². The van der Waals surface area contributed by atoms with E-state index in [1.807, 2.05) is 12.2 Å². The summed E-state index contributed by atoms with van der Waals surface area (Å²) in [5, 5.41) is 4.41. The zero-order valence-corrected chi connectivity index (χ0v) is 9.36. The van der Waals surface area contributed by atoms with Crippen LogP contribution in [-0.4, -0.2) is 23.6 Å². The molecule has 4 amide bonds. The number of amides is 4. The van der Waals surface area contributed by atoms with Crippen molar-refractivity contribution in [3.63, 3.8) is 0 Å². The highest BCUT2D eigenvalue weighted by molar-refractivity contribution is 6.35. The molecule has 6 heteroatoms. The molecule has 0 spiro atoms. The summed E-state index contributed by atoms with van der Waals surface area (Å²) in [5.74, 6) is -3.18. The average Bonchev–Trinajstić information content (AvgIpc) is 2.77. The van der Waals surface area contributed by atoms with E-state index in [9.17, 15) is 19.2 Å². The summed E-state index contributed by atoms with van der Waals surface area (Å²) in [6.45, 7) is 0. The van der Waals surface area contributed by atoms with Gasteiger partial charge >= 0.3 is 0 Å². The fourth-order valence-electron chi connectivity index (χ4n) is 4.32. The first kappa shape index (κ1) is 9.99. The third-order valence-electron chi connectivity index (χ3n) is 4.99. The van der Waals surface area contributed by atoms with Crippen LogP contribution in [0.2, 0.25) is 0 Å². The van der Waals surface area contributed by atoms with Gasteiger partial charge < -0.3 is 0 Å². The fraction of sp³-hybridized carbons (Fsp3) is 0.500. The highest BCUT2D eigenvalue weighted by Gasteiger charge is 2.84. The van der Waals surface area contributed by atoms with Crippen LogP contribution in [0.25, 0.3) is 0 Å². The summed E-state index contributed by atoms with van der Waals surface area (Å²) < 4.78 is 0. The Morgan fingerprint density at radius 3 is 1.39 bits per heavy atom. The quantitative estimate of drug-likeness (QED) is 0.321. The van der Waals surface area contributed by atoms with E-state index in [0.717, 1.165) is 0 Å². The van der Waals surface area contributed by atoms with Gasteiger partial charge in [0.05, 0.1) is 0 Å². The van der Waals surface area contributed by atoms with Crippen LogP contribution in [0.1, 0.15) is 12.8 Å². The molecule has 1 saturated carbocycles. The van der Waals surface area contributed by atoms with Crippen LogP contribution in [0.5, 0.6) is 0 Å². The Morgan fingerprint density at radius 2 is 1.11 bits per heavy atom. The van der Waals surface area contributed by atoms with Gasteiger partial charge in [0.2, 0.25) is 23.6 Å². The number of carbonyl (C=O) groups excluding carboxylic acids is 4. The summed E-state index contributed by atoms with van der Waals surface area (Å²) in [4.78, 5) is 48.7. The maximum absolute atomic E-state index is 12.2. The third-order valence-corrected chi connectivity index (χ3v) is 4.99. The fourth-order valence-corrected chi connectivity index (χ4v) is 4.32. The molecule has 18 heavy (non-hydrogen) atoms. The molecule has 0 unspecified atom stereocenters. The number of hydrogen-bond acceptors (Lipinski definition) is 4. The number of rotatable bonds is 0. The Kier molecular flexibility index (Phi) is 1.42. The van der Waals surface area contributed by atoms with Crippen LogP contribution in [0, 0.1) is 22.7 Å². The molecule has 3 fully saturated rings. The molecule has 0 aromatic heterocycles. The van der Waals surface area contributed by atoms with Crippen LogP contribution in [0.4, 0.5) is 0 Å². The van der Waals surface area contributed by atoms with E-state index in [0.29, 0.717) is 12.8 Å². The standard InChI is InChI=1S/C12H10N2O4/c15-7-11-5-1-2-6(4-3-5)12(11,9(17)13-7)10(18)14-8(11)16/h1-2,5-6H,3-4H2,(H,13,15,17)(H,14,16,18)/t5-,6-,11?,12?/m1/s1. The van der Waals surface area contributed by atoms with Crippen molar-refractivity contribution in [3.05, 3.63) is 12.2 Å². The Morgan fingerprint density at radius 1 is 0.778 bits per heavy atom. The lowest BCUT2D eigenvalue weighted by Gasteiger charge is -2.48. The smallest absolute Gasteiger partial charge is 0.244 e. The minimum absolute atomic E-state index is 0.361. The van der Waals surface area contributed by atoms with Gasteiger partial charge in [0.15, 0.2) is 10.8 Å². The Balaban J connectivity index is 2.14. The van der Waals surface area contributed by atoms with Gasteiger partial charge in [-0.25, -0.2) is 0 Å². The molecule has 2 N–H and O–H groups in total. The summed E-state index contributed by atoms with van der Waals surface area (Å²) in [5.41, 5.74) is -3.06. The number of carbonyl (C=O) groups is 4. The van der Waals surface area contributed by atoms with Crippen LogP contribution >= 0.6 is 0 Å². The van der Waals surface area contributed by atoms with Crippen molar-refractivity contribution in [2.24, 2.45) is 22.7 Å². The number of imide groups is 2. The van der Waals surface area contributed by atoms with Gasteiger partial charge in [-0.3, -0.25) is 29.8 Å². The van der Waals surface area contributed by atoms with Crippen molar-refractivity contribution < 1.29 is 19.2 Å². The number of allylic oxidation sites excluding steroid dienone is 2. The van der Waals surface area contributed by atoms with E-state index < -0.39 is 34.5 Å². The SMILES string of the molecule is O=C1NC(=O)C23C(=O)NC(=O)C12[C@@H]1C=C[C@@H]3CC1. The van der Waals surface area contributed by atoms with Gasteiger partial charge in [-0.15, -0.1) is 0 Å². The van der Waals surface area contributed by atoms with Crippen molar-refractivity contribution in [1.29, 1.82) is 0 Å². The number of nitrogens with one attached hydrogen (secondary N) is 2. The highest BCUT2D eigenvalue weighted by Crippen LogP contribution is 2.65. The van der Waals surface area contributed by atoms with E-state index in [2.05, 4.69) is 10.6 Å². The lowest BCUT2D eigenvalue weighted by Crippen LogP contribution is -2.60. The largest absolute Gasteiger partial charge is 0.294 e. The van der Waals surface area contributed by atoms with Gasteiger partial charge in [-0.2, -0.15) is 0 Å². The van der Waals surface area contributed by atoms with E-state index in [1.165, 1.54) is 0 Å². The Bertz CT molecular complexity index is 499. The van der Waals surface area contributed by atoms with Crippen molar-refractivity contribution in [3.8, 4) is 0 Å². The van der Waals surface area contributed by atoms with Gasteiger partial charge in [-0.05, 0) is 12.8 Å². The number of hydrogen-bond donors (Lipinski definition) is 2. The molecule has 92 valence electrons.